The van der Waals surface area contributed by atoms with E-state index >= 15 is 0 Å². The Morgan fingerprint density at radius 1 is 1.23 bits per heavy atom. The average molecular weight is 353 g/mol. The van der Waals surface area contributed by atoms with Crippen molar-refractivity contribution in [1.82, 2.24) is 14.3 Å². The standard InChI is InChI=1S/C21H24FN3O/c1-4-24(5-2)21(26)13-18(16-7-6-8-17(22)12-16)19-14-23-20-11-15(3)9-10-25(19)20/h6-12,14,18H,4-5,13H2,1-3H3. The molecule has 0 saturated carbocycles. The summed E-state index contributed by atoms with van der Waals surface area (Å²) in [6.07, 6.45) is 4.04. The number of amides is 1. The lowest BCUT2D eigenvalue weighted by Crippen LogP contribution is -2.31. The van der Waals surface area contributed by atoms with Crippen LogP contribution in [0, 0.1) is 12.7 Å². The van der Waals surface area contributed by atoms with E-state index in [1.54, 1.807) is 17.2 Å². The quantitative estimate of drug-likeness (QED) is 0.667. The van der Waals surface area contributed by atoms with Crippen LogP contribution >= 0.6 is 0 Å². The average Bonchev–Trinajstić information content (AvgIpc) is 3.03. The molecule has 0 radical (unpaired) electrons. The van der Waals surface area contributed by atoms with Gasteiger partial charge in [0.15, 0.2) is 0 Å². The van der Waals surface area contributed by atoms with Gasteiger partial charge in [-0.1, -0.05) is 12.1 Å². The Kier molecular flexibility index (Phi) is 5.35. The number of aromatic nitrogens is 2. The second-order valence-electron chi connectivity index (χ2n) is 6.49. The summed E-state index contributed by atoms with van der Waals surface area (Å²) in [5, 5.41) is 0. The number of aryl methyl sites for hydroxylation is 1. The largest absolute Gasteiger partial charge is 0.343 e. The molecule has 0 bridgehead atoms. The summed E-state index contributed by atoms with van der Waals surface area (Å²) >= 11 is 0. The predicted molar refractivity (Wildman–Crippen MR) is 101 cm³/mol. The van der Waals surface area contributed by atoms with Crippen LogP contribution in [0.3, 0.4) is 0 Å². The fourth-order valence-corrected chi connectivity index (χ4v) is 3.36. The maximum absolute atomic E-state index is 13.8. The molecule has 1 amide bonds. The molecule has 2 aromatic heterocycles. The first-order valence-electron chi connectivity index (χ1n) is 9.00. The van der Waals surface area contributed by atoms with Crippen LogP contribution in [0.5, 0.6) is 0 Å². The third-order valence-electron chi connectivity index (χ3n) is 4.80. The molecule has 3 aromatic rings. The molecule has 1 unspecified atom stereocenters. The molecule has 1 atom stereocenters. The van der Waals surface area contributed by atoms with Gasteiger partial charge in [-0.15, -0.1) is 0 Å². The van der Waals surface area contributed by atoms with E-state index in [1.807, 2.05) is 49.6 Å². The van der Waals surface area contributed by atoms with Gasteiger partial charge in [0.2, 0.25) is 5.91 Å². The molecule has 0 spiro atoms. The zero-order valence-corrected chi connectivity index (χ0v) is 15.4. The third kappa shape index (κ3) is 3.62. The Hall–Kier alpha value is -2.69. The van der Waals surface area contributed by atoms with Crippen molar-refractivity contribution < 1.29 is 9.18 Å². The van der Waals surface area contributed by atoms with Crippen molar-refractivity contribution in [1.29, 1.82) is 0 Å². The number of fused-ring (bicyclic) bond motifs is 1. The highest BCUT2D eigenvalue weighted by Gasteiger charge is 2.24. The van der Waals surface area contributed by atoms with Crippen LogP contribution < -0.4 is 0 Å². The minimum Gasteiger partial charge on any atom is -0.343 e. The van der Waals surface area contributed by atoms with Crippen LogP contribution in [0.25, 0.3) is 5.65 Å². The topological polar surface area (TPSA) is 37.6 Å². The molecule has 0 saturated heterocycles. The number of pyridine rings is 1. The number of carbonyl (C=O) groups is 1. The van der Waals surface area contributed by atoms with Crippen molar-refractivity contribution in [3.63, 3.8) is 0 Å². The smallest absolute Gasteiger partial charge is 0.223 e. The third-order valence-corrected chi connectivity index (χ3v) is 4.80. The lowest BCUT2D eigenvalue weighted by atomic mass is 9.92. The second-order valence-corrected chi connectivity index (χ2v) is 6.49. The number of carbonyl (C=O) groups excluding carboxylic acids is 1. The van der Waals surface area contributed by atoms with E-state index in [0.29, 0.717) is 13.1 Å². The highest BCUT2D eigenvalue weighted by molar-refractivity contribution is 5.77. The lowest BCUT2D eigenvalue weighted by Gasteiger charge is -2.23. The Labute approximate surface area is 153 Å². The molecular weight excluding hydrogens is 329 g/mol. The number of rotatable bonds is 6. The van der Waals surface area contributed by atoms with Gasteiger partial charge in [-0.2, -0.15) is 0 Å². The van der Waals surface area contributed by atoms with Gasteiger partial charge < -0.3 is 9.30 Å². The molecule has 136 valence electrons. The molecule has 0 aliphatic carbocycles. The van der Waals surface area contributed by atoms with Crippen molar-refractivity contribution >= 4 is 11.6 Å². The lowest BCUT2D eigenvalue weighted by molar-refractivity contribution is -0.131. The number of hydrogen-bond donors (Lipinski definition) is 0. The summed E-state index contributed by atoms with van der Waals surface area (Å²) in [6.45, 7) is 7.28. The molecule has 26 heavy (non-hydrogen) atoms. The Balaban J connectivity index is 2.06. The maximum Gasteiger partial charge on any atom is 0.223 e. The van der Waals surface area contributed by atoms with E-state index in [2.05, 4.69) is 4.98 Å². The van der Waals surface area contributed by atoms with E-state index in [9.17, 15) is 9.18 Å². The number of imidazole rings is 1. The van der Waals surface area contributed by atoms with Gasteiger partial charge in [0.25, 0.3) is 0 Å². The van der Waals surface area contributed by atoms with Crippen LogP contribution in [0.4, 0.5) is 4.39 Å². The Morgan fingerprint density at radius 2 is 2.00 bits per heavy atom. The molecular formula is C21H24FN3O. The molecule has 5 heteroatoms. The van der Waals surface area contributed by atoms with Gasteiger partial charge in [-0.3, -0.25) is 4.79 Å². The highest BCUT2D eigenvalue weighted by Crippen LogP contribution is 2.30. The number of nitrogens with zero attached hydrogens (tertiary/aromatic N) is 3. The van der Waals surface area contributed by atoms with Gasteiger partial charge in [0.1, 0.15) is 11.5 Å². The zero-order valence-electron chi connectivity index (χ0n) is 15.4. The van der Waals surface area contributed by atoms with E-state index in [-0.39, 0.29) is 24.1 Å². The minimum absolute atomic E-state index is 0.0614. The summed E-state index contributed by atoms with van der Waals surface area (Å²) in [5.74, 6) is -0.490. The summed E-state index contributed by atoms with van der Waals surface area (Å²) in [7, 11) is 0. The van der Waals surface area contributed by atoms with Crippen molar-refractivity contribution in [3.05, 3.63) is 71.4 Å². The van der Waals surface area contributed by atoms with Crippen LogP contribution in [-0.4, -0.2) is 33.3 Å². The highest BCUT2D eigenvalue weighted by atomic mass is 19.1. The first kappa shape index (κ1) is 18.1. The van der Waals surface area contributed by atoms with E-state index in [0.717, 1.165) is 22.5 Å². The number of hydrogen-bond acceptors (Lipinski definition) is 2. The SMILES string of the molecule is CCN(CC)C(=O)CC(c1cccc(F)c1)c1cnc2cc(C)ccn12. The monoisotopic (exact) mass is 353 g/mol. The maximum atomic E-state index is 13.8. The summed E-state index contributed by atoms with van der Waals surface area (Å²) in [4.78, 5) is 19.1. The Morgan fingerprint density at radius 3 is 2.69 bits per heavy atom. The minimum atomic E-state index is -0.299. The number of benzene rings is 1. The van der Waals surface area contributed by atoms with E-state index < -0.39 is 0 Å². The normalized spacial score (nSPS) is 12.3. The van der Waals surface area contributed by atoms with Gasteiger partial charge >= 0.3 is 0 Å². The molecule has 2 heterocycles. The predicted octanol–water partition coefficient (Wildman–Crippen LogP) is 4.17. The summed E-state index contributed by atoms with van der Waals surface area (Å²) in [6, 6.07) is 10.5. The summed E-state index contributed by atoms with van der Waals surface area (Å²) < 4.78 is 15.8. The van der Waals surface area contributed by atoms with Gasteiger partial charge in [0, 0.05) is 37.8 Å². The van der Waals surface area contributed by atoms with Crippen LogP contribution in [-0.2, 0) is 4.79 Å². The molecule has 4 nitrogen and oxygen atoms in total. The van der Waals surface area contributed by atoms with Crippen molar-refractivity contribution in [2.45, 2.75) is 33.1 Å². The van der Waals surface area contributed by atoms with Crippen LogP contribution in [0.1, 0.15) is 43.0 Å². The van der Waals surface area contributed by atoms with Gasteiger partial charge in [0.05, 0.1) is 5.69 Å². The van der Waals surface area contributed by atoms with E-state index in [1.165, 1.54) is 12.1 Å². The Bertz CT molecular complexity index is 915. The summed E-state index contributed by atoms with van der Waals surface area (Å²) in [5.41, 5.74) is 3.63. The molecule has 0 aliphatic heterocycles. The number of halogens is 1. The first-order valence-corrected chi connectivity index (χ1v) is 9.00. The zero-order chi connectivity index (χ0) is 18.7. The van der Waals surface area contributed by atoms with Crippen LogP contribution in [0.2, 0.25) is 0 Å². The van der Waals surface area contributed by atoms with Crippen LogP contribution in [0.15, 0.2) is 48.8 Å². The molecule has 0 fully saturated rings. The van der Waals surface area contributed by atoms with Crippen molar-refractivity contribution in [2.75, 3.05) is 13.1 Å². The first-order chi connectivity index (χ1) is 12.5. The molecule has 0 N–H and O–H groups in total. The van der Waals surface area contributed by atoms with E-state index in [4.69, 9.17) is 0 Å². The fraction of sp³-hybridized carbons (Fsp3) is 0.333. The van der Waals surface area contributed by atoms with Crippen molar-refractivity contribution in [3.8, 4) is 0 Å². The molecule has 3 rings (SSSR count). The molecule has 1 aromatic carbocycles. The second kappa shape index (κ2) is 7.68. The van der Waals surface area contributed by atoms with Crippen molar-refractivity contribution in [2.24, 2.45) is 0 Å². The fourth-order valence-electron chi connectivity index (χ4n) is 3.36. The molecule has 0 aliphatic rings. The van der Waals surface area contributed by atoms with Gasteiger partial charge in [-0.05, 0) is 56.2 Å². The van der Waals surface area contributed by atoms with Gasteiger partial charge in [-0.25, -0.2) is 9.37 Å².